The smallest absolute Gasteiger partial charge is 0.258 e. The van der Waals surface area contributed by atoms with Gasteiger partial charge in [0.25, 0.3) is 5.89 Å². The van der Waals surface area contributed by atoms with Crippen LogP contribution < -0.4 is 4.90 Å². The van der Waals surface area contributed by atoms with Crippen LogP contribution in [0.1, 0.15) is 5.56 Å². The first-order valence-electron chi connectivity index (χ1n) is 10.5. The normalized spacial score (nSPS) is 15.0. The lowest BCUT2D eigenvalue weighted by atomic mass is 10.1. The molecule has 0 N–H and O–H groups in total. The Bertz CT molecular complexity index is 1350. The third-order valence-electron chi connectivity index (χ3n) is 5.53. The lowest BCUT2D eigenvalue weighted by Crippen LogP contribution is -2.49. The molecule has 0 saturated carbocycles. The van der Waals surface area contributed by atoms with Crippen molar-refractivity contribution in [1.82, 2.24) is 24.4 Å². The van der Waals surface area contributed by atoms with Gasteiger partial charge in [-0.15, -0.1) is 0 Å². The largest absolute Gasteiger partial charge is 0.338 e. The molecule has 0 spiro atoms. The quantitative estimate of drug-likeness (QED) is 0.446. The molecule has 5 rings (SSSR count). The summed E-state index contributed by atoms with van der Waals surface area (Å²) in [5.74, 6) is 1.34. The van der Waals surface area contributed by atoms with Gasteiger partial charge >= 0.3 is 0 Å². The summed E-state index contributed by atoms with van der Waals surface area (Å²) >= 11 is 0. The van der Waals surface area contributed by atoms with Crippen LogP contribution in [0.3, 0.4) is 0 Å². The number of benzene rings is 2. The van der Waals surface area contributed by atoms with Crippen molar-refractivity contribution >= 4 is 16.0 Å². The maximum absolute atomic E-state index is 13.3. The third kappa shape index (κ3) is 4.35. The maximum atomic E-state index is 13.3. The van der Waals surface area contributed by atoms with Crippen LogP contribution in [0.2, 0.25) is 0 Å². The Balaban J connectivity index is 1.34. The number of sulfonamides is 1. The average molecular weight is 463 g/mol. The highest BCUT2D eigenvalue weighted by Gasteiger charge is 2.29. The van der Waals surface area contributed by atoms with E-state index in [1.807, 2.05) is 36.1 Å². The number of piperazine rings is 1. The Labute approximate surface area is 191 Å². The molecule has 0 aliphatic carbocycles. The topological polar surface area (TPSA) is 105 Å². The zero-order valence-corrected chi connectivity index (χ0v) is 18.8. The van der Waals surface area contributed by atoms with Gasteiger partial charge in [0.15, 0.2) is 0 Å². The average Bonchev–Trinajstić information content (AvgIpc) is 3.36. The van der Waals surface area contributed by atoms with E-state index in [2.05, 4.69) is 20.1 Å². The fourth-order valence-corrected chi connectivity index (χ4v) is 5.15. The molecule has 3 heterocycles. The van der Waals surface area contributed by atoms with E-state index in [0.29, 0.717) is 43.5 Å². The van der Waals surface area contributed by atoms with Crippen molar-refractivity contribution in [1.29, 1.82) is 0 Å². The van der Waals surface area contributed by atoms with Crippen molar-refractivity contribution < 1.29 is 12.9 Å². The lowest BCUT2D eigenvalue weighted by Gasteiger charge is -2.33. The summed E-state index contributed by atoms with van der Waals surface area (Å²) in [5.41, 5.74) is 2.52. The minimum atomic E-state index is -3.67. The minimum Gasteiger partial charge on any atom is -0.338 e. The van der Waals surface area contributed by atoms with E-state index in [1.165, 1.54) is 4.31 Å². The first kappa shape index (κ1) is 21.2. The summed E-state index contributed by atoms with van der Waals surface area (Å²) in [6.07, 6.45) is 3.36. The summed E-state index contributed by atoms with van der Waals surface area (Å²) in [4.78, 5) is 15.1. The number of rotatable bonds is 5. The second-order valence-electron chi connectivity index (χ2n) is 7.76. The number of aryl methyl sites for hydroxylation is 1. The molecule has 0 bridgehead atoms. The zero-order chi connectivity index (χ0) is 22.8. The van der Waals surface area contributed by atoms with Gasteiger partial charge in [-0.3, -0.25) is 0 Å². The minimum absolute atomic E-state index is 0.194. The van der Waals surface area contributed by atoms with Crippen molar-refractivity contribution in [3.8, 4) is 22.8 Å². The first-order valence-corrected chi connectivity index (χ1v) is 12.0. The SMILES string of the molecule is Cc1ccc(-c2noc(-c3cccc(S(=O)(=O)N4CCN(c5ncccn5)CC4)c3)n2)cc1. The molecular formula is C23H22N6O3S. The summed E-state index contributed by atoms with van der Waals surface area (Å²) in [5, 5.41) is 4.05. The van der Waals surface area contributed by atoms with Crippen LogP contribution in [0, 0.1) is 6.92 Å². The Morgan fingerprint density at radius 2 is 1.61 bits per heavy atom. The first-order chi connectivity index (χ1) is 16.0. The van der Waals surface area contributed by atoms with Gasteiger partial charge in [-0.25, -0.2) is 18.4 Å². The van der Waals surface area contributed by atoms with Gasteiger partial charge in [-0.05, 0) is 31.2 Å². The van der Waals surface area contributed by atoms with Gasteiger partial charge in [0.1, 0.15) is 0 Å². The van der Waals surface area contributed by atoms with Crippen LogP contribution in [0.15, 0.2) is 76.4 Å². The van der Waals surface area contributed by atoms with Crippen LogP contribution >= 0.6 is 0 Å². The molecule has 1 saturated heterocycles. The van der Waals surface area contributed by atoms with Crippen LogP contribution in [-0.2, 0) is 10.0 Å². The maximum Gasteiger partial charge on any atom is 0.258 e. The molecule has 1 fully saturated rings. The van der Waals surface area contributed by atoms with E-state index in [-0.39, 0.29) is 10.8 Å². The molecule has 0 atom stereocenters. The number of nitrogens with zero attached hydrogens (tertiary/aromatic N) is 6. The van der Waals surface area contributed by atoms with Crippen LogP contribution in [0.25, 0.3) is 22.8 Å². The molecule has 10 heteroatoms. The van der Waals surface area contributed by atoms with Crippen LogP contribution in [0.4, 0.5) is 5.95 Å². The van der Waals surface area contributed by atoms with E-state index in [4.69, 9.17) is 4.52 Å². The lowest BCUT2D eigenvalue weighted by molar-refractivity contribution is 0.382. The second kappa shape index (κ2) is 8.72. The van der Waals surface area contributed by atoms with E-state index < -0.39 is 10.0 Å². The molecule has 168 valence electrons. The van der Waals surface area contributed by atoms with Gasteiger partial charge in [0.2, 0.25) is 21.8 Å². The number of anilines is 1. The molecule has 0 radical (unpaired) electrons. The Morgan fingerprint density at radius 3 is 2.33 bits per heavy atom. The molecule has 0 unspecified atom stereocenters. The predicted molar refractivity (Wildman–Crippen MR) is 123 cm³/mol. The second-order valence-corrected chi connectivity index (χ2v) is 9.69. The fraction of sp³-hybridized carbons (Fsp3) is 0.217. The molecule has 2 aromatic heterocycles. The summed E-state index contributed by atoms with van der Waals surface area (Å²) in [6, 6.07) is 16.2. The highest BCUT2D eigenvalue weighted by molar-refractivity contribution is 7.89. The Kier molecular flexibility index (Phi) is 5.61. The number of hydrogen-bond acceptors (Lipinski definition) is 8. The highest BCUT2D eigenvalue weighted by atomic mass is 32.2. The van der Waals surface area contributed by atoms with Crippen LogP contribution in [-0.4, -0.2) is 59.0 Å². The summed E-state index contributed by atoms with van der Waals surface area (Å²) < 4.78 is 33.5. The van der Waals surface area contributed by atoms with Gasteiger partial charge in [-0.1, -0.05) is 41.1 Å². The Morgan fingerprint density at radius 1 is 0.879 bits per heavy atom. The molecule has 33 heavy (non-hydrogen) atoms. The fourth-order valence-electron chi connectivity index (χ4n) is 3.68. The van der Waals surface area contributed by atoms with Crippen molar-refractivity contribution in [2.45, 2.75) is 11.8 Å². The molecular weight excluding hydrogens is 440 g/mol. The monoisotopic (exact) mass is 462 g/mol. The molecule has 1 aliphatic heterocycles. The van der Waals surface area contributed by atoms with Crippen LogP contribution in [0.5, 0.6) is 0 Å². The third-order valence-corrected chi connectivity index (χ3v) is 7.42. The van der Waals surface area contributed by atoms with Crippen molar-refractivity contribution in [2.75, 3.05) is 31.1 Å². The molecule has 1 aliphatic rings. The molecule has 2 aromatic carbocycles. The molecule has 9 nitrogen and oxygen atoms in total. The Hall–Kier alpha value is -3.63. The van der Waals surface area contributed by atoms with Gasteiger partial charge in [0, 0.05) is 49.7 Å². The molecule has 4 aromatic rings. The van der Waals surface area contributed by atoms with Crippen molar-refractivity contribution in [3.05, 3.63) is 72.6 Å². The van der Waals surface area contributed by atoms with E-state index >= 15 is 0 Å². The van der Waals surface area contributed by atoms with E-state index in [1.54, 1.807) is 42.7 Å². The van der Waals surface area contributed by atoms with Crippen molar-refractivity contribution in [2.24, 2.45) is 0 Å². The summed E-state index contributed by atoms with van der Waals surface area (Å²) in [6.45, 7) is 3.75. The number of hydrogen-bond donors (Lipinski definition) is 0. The van der Waals surface area contributed by atoms with Gasteiger partial charge < -0.3 is 9.42 Å². The predicted octanol–water partition coefficient (Wildman–Crippen LogP) is 3.01. The highest BCUT2D eigenvalue weighted by Crippen LogP contribution is 2.26. The zero-order valence-electron chi connectivity index (χ0n) is 18.0. The summed E-state index contributed by atoms with van der Waals surface area (Å²) in [7, 11) is -3.67. The van der Waals surface area contributed by atoms with E-state index in [0.717, 1.165) is 11.1 Å². The van der Waals surface area contributed by atoms with Gasteiger partial charge in [0.05, 0.1) is 4.90 Å². The van der Waals surface area contributed by atoms with E-state index in [9.17, 15) is 8.42 Å². The number of aromatic nitrogens is 4. The van der Waals surface area contributed by atoms with Gasteiger partial charge in [-0.2, -0.15) is 9.29 Å². The standard InChI is InChI=1S/C23H22N6O3S/c1-17-6-8-18(9-7-17)21-26-22(32-27-21)19-4-2-5-20(16-19)33(30,31)29-14-12-28(13-15-29)23-24-10-3-11-25-23/h2-11,16H,12-15H2,1H3. The molecule has 0 amide bonds. The van der Waals surface area contributed by atoms with Crippen molar-refractivity contribution in [3.63, 3.8) is 0 Å².